The summed E-state index contributed by atoms with van der Waals surface area (Å²) in [6, 6.07) is 0. The van der Waals surface area contributed by atoms with E-state index in [2.05, 4.69) is 0 Å². The molecule has 0 saturated carbocycles. The SMILES string of the molecule is CCC(N)(N)C(=O)O.CCC(N)(N)C(=O)O. The standard InChI is InChI=1S/2C4H10N2O2/c2*1-2-4(5,6)3(7)8/h2*2,5-6H2,1H3,(H,7,8). The minimum Gasteiger partial charge on any atom is -0.479 e. The van der Waals surface area contributed by atoms with Crippen LogP contribution in [0.2, 0.25) is 0 Å². The minimum atomic E-state index is -1.54. The first-order valence-corrected chi connectivity index (χ1v) is 4.63. The fourth-order valence-electron chi connectivity index (χ4n) is 0.302. The molecule has 0 saturated heterocycles. The summed E-state index contributed by atoms with van der Waals surface area (Å²) in [6.07, 6.45) is 0.477. The fourth-order valence-corrected chi connectivity index (χ4v) is 0.302. The lowest BCUT2D eigenvalue weighted by atomic mass is 10.1. The summed E-state index contributed by atoms with van der Waals surface area (Å²) in [5.74, 6) is -2.33. The zero-order valence-electron chi connectivity index (χ0n) is 9.43. The molecule has 0 aliphatic carbocycles. The lowest BCUT2D eigenvalue weighted by Crippen LogP contribution is -2.55. The first-order chi connectivity index (χ1) is 7.01. The molecule has 0 aromatic carbocycles. The van der Waals surface area contributed by atoms with Crippen molar-refractivity contribution < 1.29 is 19.8 Å². The Morgan fingerprint density at radius 3 is 1.06 bits per heavy atom. The van der Waals surface area contributed by atoms with Gasteiger partial charge in [-0.15, -0.1) is 0 Å². The number of carboxylic acids is 2. The van der Waals surface area contributed by atoms with Crippen molar-refractivity contribution in [3.8, 4) is 0 Å². The topological polar surface area (TPSA) is 179 Å². The molecule has 10 N–H and O–H groups in total. The lowest BCUT2D eigenvalue weighted by Gasteiger charge is -2.14. The van der Waals surface area contributed by atoms with Gasteiger partial charge in [0.05, 0.1) is 0 Å². The van der Waals surface area contributed by atoms with Gasteiger partial charge in [0, 0.05) is 0 Å². The predicted octanol–water partition coefficient (Wildman–Crippen LogP) is -1.81. The third-order valence-electron chi connectivity index (χ3n) is 1.97. The van der Waals surface area contributed by atoms with Crippen molar-refractivity contribution in [2.75, 3.05) is 0 Å². The lowest BCUT2D eigenvalue weighted by molar-refractivity contribution is -0.144. The molecule has 0 atom stereocenters. The van der Waals surface area contributed by atoms with Gasteiger partial charge in [0.15, 0.2) is 11.3 Å². The Morgan fingerprint density at radius 1 is 0.875 bits per heavy atom. The third-order valence-corrected chi connectivity index (χ3v) is 1.97. The highest BCUT2D eigenvalue weighted by molar-refractivity contribution is 5.77. The van der Waals surface area contributed by atoms with E-state index in [1.165, 1.54) is 0 Å². The highest BCUT2D eigenvalue weighted by atomic mass is 16.4. The van der Waals surface area contributed by atoms with Gasteiger partial charge < -0.3 is 33.1 Å². The van der Waals surface area contributed by atoms with E-state index in [0.717, 1.165) is 0 Å². The zero-order chi connectivity index (χ0) is 13.6. The molecular weight excluding hydrogens is 216 g/mol. The average Bonchev–Trinajstić information content (AvgIpc) is 2.18. The smallest absolute Gasteiger partial charge is 0.338 e. The van der Waals surface area contributed by atoms with Gasteiger partial charge in [0.25, 0.3) is 0 Å². The van der Waals surface area contributed by atoms with Crippen LogP contribution in [0.25, 0.3) is 0 Å². The number of carboxylic acid groups (broad SMARTS) is 2. The zero-order valence-corrected chi connectivity index (χ0v) is 9.43. The van der Waals surface area contributed by atoms with Gasteiger partial charge in [-0.3, -0.25) is 0 Å². The van der Waals surface area contributed by atoms with Crippen LogP contribution < -0.4 is 22.9 Å². The number of rotatable bonds is 4. The van der Waals surface area contributed by atoms with E-state index in [1.54, 1.807) is 13.8 Å². The van der Waals surface area contributed by atoms with Crippen LogP contribution in [-0.2, 0) is 9.59 Å². The number of carbonyl (C=O) groups is 2. The molecule has 8 nitrogen and oxygen atoms in total. The average molecular weight is 236 g/mol. The van der Waals surface area contributed by atoms with Crippen LogP contribution >= 0.6 is 0 Å². The van der Waals surface area contributed by atoms with Gasteiger partial charge in [0.2, 0.25) is 0 Å². The Hall–Kier alpha value is -1.22. The molecule has 0 radical (unpaired) electrons. The van der Waals surface area contributed by atoms with Crippen LogP contribution in [0.15, 0.2) is 0 Å². The molecule has 16 heavy (non-hydrogen) atoms. The number of nitrogens with two attached hydrogens (primary N) is 4. The first kappa shape index (κ1) is 17.2. The van der Waals surface area contributed by atoms with Gasteiger partial charge in [-0.1, -0.05) is 13.8 Å². The van der Waals surface area contributed by atoms with Crippen LogP contribution in [-0.4, -0.2) is 33.5 Å². The highest BCUT2D eigenvalue weighted by Crippen LogP contribution is 1.95. The second-order valence-electron chi connectivity index (χ2n) is 3.40. The van der Waals surface area contributed by atoms with E-state index in [9.17, 15) is 9.59 Å². The maximum atomic E-state index is 10.0. The summed E-state index contributed by atoms with van der Waals surface area (Å²) in [5.41, 5.74) is 17.1. The van der Waals surface area contributed by atoms with E-state index in [1.807, 2.05) is 0 Å². The number of aliphatic carboxylic acids is 2. The Labute approximate surface area is 93.6 Å². The van der Waals surface area contributed by atoms with Crippen LogP contribution in [0.4, 0.5) is 0 Å². The molecular formula is C8H20N4O4. The van der Waals surface area contributed by atoms with E-state index in [0.29, 0.717) is 0 Å². The van der Waals surface area contributed by atoms with Crippen molar-refractivity contribution in [2.45, 2.75) is 38.0 Å². The van der Waals surface area contributed by atoms with E-state index >= 15 is 0 Å². The maximum Gasteiger partial charge on any atom is 0.338 e. The van der Waals surface area contributed by atoms with Crippen molar-refractivity contribution in [1.82, 2.24) is 0 Å². The molecule has 8 heteroatoms. The summed E-state index contributed by atoms with van der Waals surface area (Å²) in [5, 5.41) is 16.4. The second-order valence-corrected chi connectivity index (χ2v) is 3.40. The Morgan fingerprint density at radius 2 is 1.06 bits per heavy atom. The van der Waals surface area contributed by atoms with Gasteiger partial charge in [-0.05, 0) is 12.8 Å². The van der Waals surface area contributed by atoms with E-state index in [4.69, 9.17) is 33.1 Å². The molecule has 0 rings (SSSR count). The summed E-state index contributed by atoms with van der Waals surface area (Å²) in [7, 11) is 0. The Balaban J connectivity index is 0. The molecule has 0 spiro atoms. The molecule has 96 valence electrons. The minimum absolute atomic E-state index is 0.238. The summed E-state index contributed by atoms with van der Waals surface area (Å²) in [6.45, 7) is 3.24. The molecule has 0 heterocycles. The molecule has 0 aromatic rings. The van der Waals surface area contributed by atoms with Gasteiger partial charge in [0.1, 0.15) is 0 Å². The summed E-state index contributed by atoms with van der Waals surface area (Å²) < 4.78 is 0. The van der Waals surface area contributed by atoms with Gasteiger partial charge in [-0.25, -0.2) is 9.59 Å². The molecule has 0 fully saturated rings. The van der Waals surface area contributed by atoms with Gasteiger partial charge >= 0.3 is 11.9 Å². The first-order valence-electron chi connectivity index (χ1n) is 4.63. The van der Waals surface area contributed by atoms with Crippen molar-refractivity contribution in [3.63, 3.8) is 0 Å². The predicted molar refractivity (Wildman–Crippen MR) is 58.1 cm³/mol. The fraction of sp³-hybridized carbons (Fsp3) is 0.750. The Bertz CT molecular complexity index is 226. The van der Waals surface area contributed by atoms with Crippen molar-refractivity contribution in [3.05, 3.63) is 0 Å². The van der Waals surface area contributed by atoms with Crippen LogP contribution in [0.5, 0.6) is 0 Å². The third kappa shape index (κ3) is 6.30. The molecule has 0 amide bonds. The number of hydrogen-bond acceptors (Lipinski definition) is 6. The largest absolute Gasteiger partial charge is 0.479 e. The van der Waals surface area contributed by atoms with Crippen molar-refractivity contribution in [2.24, 2.45) is 22.9 Å². The monoisotopic (exact) mass is 236 g/mol. The maximum absolute atomic E-state index is 10.0. The van der Waals surface area contributed by atoms with Crippen LogP contribution in [0.1, 0.15) is 26.7 Å². The molecule has 0 aliphatic heterocycles. The molecule has 0 aliphatic rings. The van der Waals surface area contributed by atoms with Crippen LogP contribution in [0.3, 0.4) is 0 Å². The summed E-state index contributed by atoms with van der Waals surface area (Å²) in [4.78, 5) is 20.0. The van der Waals surface area contributed by atoms with Crippen molar-refractivity contribution >= 4 is 11.9 Å². The highest BCUT2D eigenvalue weighted by Gasteiger charge is 2.25. The number of hydrogen-bond donors (Lipinski definition) is 6. The van der Waals surface area contributed by atoms with Crippen molar-refractivity contribution in [1.29, 1.82) is 0 Å². The normalized spacial score (nSPS) is 11.4. The second kappa shape index (κ2) is 6.38. The molecule has 0 bridgehead atoms. The summed E-state index contributed by atoms with van der Waals surface area (Å²) >= 11 is 0. The quantitative estimate of drug-likeness (QED) is 0.309. The molecule has 0 unspecified atom stereocenters. The Kier molecular flexibility index (Phi) is 6.85. The van der Waals surface area contributed by atoms with E-state index < -0.39 is 23.3 Å². The van der Waals surface area contributed by atoms with Gasteiger partial charge in [-0.2, -0.15) is 0 Å². The van der Waals surface area contributed by atoms with Crippen LogP contribution in [0, 0.1) is 0 Å². The molecule has 0 aromatic heterocycles. The van der Waals surface area contributed by atoms with E-state index in [-0.39, 0.29) is 12.8 Å².